The SMILES string of the molecule is Cc1cccc([N+](=O)[O-])c1-n1cc(C(C)N)nn1. The Balaban J connectivity index is 2.58. The molecule has 2 rings (SSSR count). The summed E-state index contributed by atoms with van der Waals surface area (Å²) in [5.74, 6) is 0. The number of aryl methyl sites for hydroxylation is 1. The zero-order chi connectivity index (χ0) is 13.3. The molecule has 2 N–H and O–H groups in total. The Morgan fingerprint density at radius 3 is 2.78 bits per heavy atom. The third-order valence-corrected chi connectivity index (χ3v) is 2.62. The van der Waals surface area contributed by atoms with Crippen molar-refractivity contribution in [3.05, 3.63) is 45.8 Å². The molecule has 94 valence electrons. The molecule has 1 aromatic carbocycles. The topological polar surface area (TPSA) is 99.9 Å². The molecule has 0 fully saturated rings. The first-order valence-corrected chi connectivity index (χ1v) is 5.43. The Morgan fingerprint density at radius 2 is 2.22 bits per heavy atom. The van der Waals surface area contributed by atoms with Gasteiger partial charge in [-0.25, -0.2) is 4.68 Å². The smallest absolute Gasteiger partial charge is 0.295 e. The van der Waals surface area contributed by atoms with Crippen LogP contribution in [0, 0.1) is 17.0 Å². The van der Waals surface area contributed by atoms with Crippen LogP contribution in [0.1, 0.15) is 24.2 Å². The van der Waals surface area contributed by atoms with Gasteiger partial charge in [0.1, 0.15) is 5.69 Å². The van der Waals surface area contributed by atoms with Gasteiger partial charge in [0.15, 0.2) is 0 Å². The van der Waals surface area contributed by atoms with E-state index < -0.39 is 4.92 Å². The average Bonchev–Trinajstić information content (AvgIpc) is 2.77. The highest BCUT2D eigenvalue weighted by Gasteiger charge is 2.19. The van der Waals surface area contributed by atoms with Crippen LogP contribution in [-0.4, -0.2) is 19.9 Å². The zero-order valence-electron chi connectivity index (χ0n) is 10.1. The van der Waals surface area contributed by atoms with Crippen LogP contribution in [0.5, 0.6) is 0 Å². The fourth-order valence-electron chi connectivity index (χ4n) is 1.68. The Hall–Kier alpha value is -2.28. The molecule has 2 aromatic rings. The van der Waals surface area contributed by atoms with Crippen molar-refractivity contribution in [2.45, 2.75) is 19.9 Å². The van der Waals surface area contributed by atoms with Crippen LogP contribution in [0.15, 0.2) is 24.4 Å². The monoisotopic (exact) mass is 247 g/mol. The number of nitrogens with two attached hydrogens (primary N) is 1. The molecule has 18 heavy (non-hydrogen) atoms. The van der Waals surface area contributed by atoms with Gasteiger partial charge in [0, 0.05) is 12.1 Å². The van der Waals surface area contributed by atoms with Gasteiger partial charge in [-0.05, 0) is 19.4 Å². The molecule has 0 spiro atoms. The van der Waals surface area contributed by atoms with Crippen LogP contribution in [0.25, 0.3) is 5.69 Å². The maximum atomic E-state index is 11.0. The maximum Gasteiger partial charge on any atom is 0.295 e. The standard InChI is InChI=1S/C11H13N5O2/c1-7-4-3-5-10(16(17)18)11(7)15-6-9(8(2)12)13-14-15/h3-6,8H,12H2,1-2H3. The largest absolute Gasteiger partial charge is 0.323 e. The van der Waals surface area contributed by atoms with E-state index in [1.807, 2.05) is 0 Å². The van der Waals surface area contributed by atoms with E-state index in [4.69, 9.17) is 5.73 Å². The summed E-state index contributed by atoms with van der Waals surface area (Å²) in [4.78, 5) is 10.6. The van der Waals surface area contributed by atoms with Crippen molar-refractivity contribution in [1.29, 1.82) is 0 Å². The Kier molecular flexibility index (Phi) is 3.07. The highest BCUT2D eigenvalue weighted by Crippen LogP contribution is 2.25. The third-order valence-electron chi connectivity index (χ3n) is 2.62. The van der Waals surface area contributed by atoms with E-state index in [1.54, 1.807) is 32.2 Å². The van der Waals surface area contributed by atoms with E-state index in [2.05, 4.69) is 10.3 Å². The highest BCUT2D eigenvalue weighted by atomic mass is 16.6. The predicted octanol–water partition coefficient (Wildman–Crippen LogP) is 1.50. The van der Waals surface area contributed by atoms with Crippen molar-refractivity contribution in [3.8, 4) is 5.69 Å². The van der Waals surface area contributed by atoms with Gasteiger partial charge in [-0.2, -0.15) is 0 Å². The molecule has 0 radical (unpaired) electrons. The summed E-state index contributed by atoms with van der Waals surface area (Å²) in [6.45, 7) is 3.57. The second-order valence-electron chi connectivity index (χ2n) is 4.08. The van der Waals surface area contributed by atoms with E-state index in [0.717, 1.165) is 5.56 Å². The number of aromatic nitrogens is 3. The van der Waals surface area contributed by atoms with Gasteiger partial charge in [0.25, 0.3) is 5.69 Å². The summed E-state index contributed by atoms with van der Waals surface area (Å²) in [6.07, 6.45) is 1.61. The second kappa shape index (κ2) is 4.53. The second-order valence-corrected chi connectivity index (χ2v) is 4.08. The Labute approximate surface area is 103 Å². The van der Waals surface area contributed by atoms with Crippen LogP contribution < -0.4 is 5.73 Å². The number of para-hydroxylation sites is 1. The lowest BCUT2D eigenvalue weighted by atomic mass is 10.1. The Bertz CT molecular complexity index is 591. The molecule has 0 bridgehead atoms. The molecule has 1 atom stereocenters. The maximum absolute atomic E-state index is 11.0. The molecule has 0 amide bonds. The lowest BCUT2D eigenvalue weighted by Gasteiger charge is -2.05. The average molecular weight is 247 g/mol. The third kappa shape index (κ3) is 2.07. The number of hydrogen-bond acceptors (Lipinski definition) is 5. The van der Waals surface area contributed by atoms with Crippen molar-refractivity contribution in [2.75, 3.05) is 0 Å². The minimum Gasteiger partial charge on any atom is -0.323 e. The molecule has 7 heteroatoms. The fraction of sp³-hybridized carbons (Fsp3) is 0.273. The number of nitrogens with zero attached hydrogens (tertiary/aromatic N) is 4. The first-order chi connectivity index (χ1) is 8.50. The van der Waals surface area contributed by atoms with E-state index in [0.29, 0.717) is 11.4 Å². The summed E-state index contributed by atoms with van der Waals surface area (Å²) in [7, 11) is 0. The number of hydrogen-bond donors (Lipinski definition) is 1. The van der Waals surface area contributed by atoms with Crippen molar-refractivity contribution in [1.82, 2.24) is 15.0 Å². The molecule has 1 heterocycles. The van der Waals surface area contributed by atoms with Gasteiger partial charge < -0.3 is 5.73 Å². The molecule has 1 unspecified atom stereocenters. The molecule has 0 aliphatic rings. The Morgan fingerprint density at radius 1 is 1.50 bits per heavy atom. The van der Waals surface area contributed by atoms with E-state index in [-0.39, 0.29) is 11.7 Å². The lowest BCUT2D eigenvalue weighted by Crippen LogP contribution is -2.05. The number of benzene rings is 1. The summed E-state index contributed by atoms with van der Waals surface area (Å²) in [5, 5.41) is 18.8. The van der Waals surface area contributed by atoms with Crippen LogP contribution in [0.2, 0.25) is 0 Å². The lowest BCUT2D eigenvalue weighted by molar-refractivity contribution is -0.384. The summed E-state index contributed by atoms with van der Waals surface area (Å²) in [5.41, 5.74) is 7.45. The minimum absolute atomic E-state index is 0.00359. The quantitative estimate of drug-likeness (QED) is 0.654. The van der Waals surface area contributed by atoms with Gasteiger partial charge in [-0.3, -0.25) is 10.1 Å². The molecule has 0 aliphatic carbocycles. The van der Waals surface area contributed by atoms with Crippen molar-refractivity contribution in [3.63, 3.8) is 0 Å². The summed E-state index contributed by atoms with van der Waals surface area (Å²) < 4.78 is 1.40. The normalized spacial score (nSPS) is 12.4. The fourth-order valence-corrected chi connectivity index (χ4v) is 1.68. The highest BCUT2D eigenvalue weighted by molar-refractivity contribution is 5.56. The number of nitro benzene ring substituents is 1. The minimum atomic E-state index is -0.435. The van der Waals surface area contributed by atoms with E-state index in [9.17, 15) is 10.1 Å². The summed E-state index contributed by atoms with van der Waals surface area (Å²) >= 11 is 0. The molecule has 0 aliphatic heterocycles. The van der Waals surface area contributed by atoms with Crippen molar-refractivity contribution >= 4 is 5.69 Å². The summed E-state index contributed by atoms with van der Waals surface area (Å²) in [6, 6.07) is 4.60. The molecule has 1 aromatic heterocycles. The zero-order valence-corrected chi connectivity index (χ0v) is 10.1. The van der Waals surface area contributed by atoms with Crippen molar-refractivity contribution in [2.24, 2.45) is 5.73 Å². The van der Waals surface area contributed by atoms with Crippen LogP contribution >= 0.6 is 0 Å². The molecule has 0 saturated heterocycles. The van der Waals surface area contributed by atoms with E-state index in [1.165, 1.54) is 10.7 Å². The molecular formula is C11H13N5O2. The molecule has 7 nitrogen and oxygen atoms in total. The van der Waals surface area contributed by atoms with Gasteiger partial charge in [0.2, 0.25) is 0 Å². The van der Waals surface area contributed by atoms with Gasteiger partial charge in [0.05, 0.1) is 16.8 Å². The van der Waals surface area contributed by atoms with Crippen LogP contribution in [-0.2, 0) is 0 Å². The van der Waals surface area contributed by atoms with Crippen LogP contribution in [0.3, 0.4) is 0 Å². The van der Waals surface area contributed by atoms with Crippen molar-refractivity contribution < 1.29 is 4.92 Å². The van der Waals surface area contributed by atoms with Gasteiger partial charge >= 0.3 is 0 Å². The first kappa shape index (κ1) is 12.2. The molecule has 0 saturated carbocycles. The number of nitro groups is 1. The first-order valence-electron chi connectivity index (χ1n) is 5.43. The van der Waals surface area contributed by atoms with E-state index >= 15 is 0 Å². The van der Waals surface area contributed by atoms with Crippen LogP contribution in [0.4, 0.5) is 5.69 Å². The number of rotatable bonds is 3. The van der Waals surface area contributed by atoms with Gasteiger partial charge in [-0.1, -0.05) is 17.3 Å². The predicted molar refractivity (Wildman–Crippen MR) is 65.4 cm³/mol. The molecular weight excluding hydrogens is 234 g/mol. The van der Waals surface area contributed by atoms with Gasteiger partial charge in [-0.15, -0.1) is 5.10 Å².